The highest BCUT2D eigenvalue weighted by atomic mass is 19.2. The van der Waals surface area contributed by atoms with Gasteiger partial charge in [-0.2, -0.15) is 0 Å². The van der Waals surface area contributed by atoms with E-state index in [1.807, 2.05) is 12.1 Å². The van der Waals surface area contributed by atoms with E-state index in [4.69, 9.17) is 0 Å². The summed E-state index contributed by atoms with van der Waals surface area (Å²) in [7, 11) is 0. The van der Waals surface area contributed by atoms with Gasteiger partial charge in [-0.25, -0.2) is 17.6 Å². The topological polar surface area (TPSA) is 0 Å². The molecule has 3 rings (SSSR count). The Balaban J connectivity index is 1.53. The standard InChI is InChI=1S/C25H30F4/c1-2-3-4-5-6-7-17-8-11-19(22(26)15-17)12-9-18-10-13-21-20(14-18)16-23(27)25(29)24(21)28/h8,11,15-16,18H,2-7,9-10,12-14H2,1H3. The number of halogens is 4. The fraction of sp³-hybridized carbons (Fsp3) is 0.520. The largest absolute Gasteiger partial charge is 0.207 e. The van der Waals surface area contributed by atoms with Gasteiger partial charge in [-0.15, -0.1) is 0 Å². The van der Waals surface area contributed by atoms with Crippen LogP contribution in [-0.4, -0.2) is 0 Å². The molecule has 29 heavy (non-hydrogen) atoms. The lowest BCUT2D eigenvalue weighted by molar-refractivity contribution is 0.392. The molecule has 0 aliphatic heterocycles. The lowest BCUT2D eigenvalue weighted by atomic mass is 9.80. The van der Waals surface area contributed by atoms with E-state index < -0.39 is 17.5 Å². The lowest BCUT2D eigenvalue weighted by Crippen LogP contribution is -2.18. The maximum atomic E-state index is 14.5. The zero-order chi connectivity index (χ0) is 20.8. The number of fused-ring (bicyclic) bond motifs is 1. The number of hydrogen-bond acceptors (Lipinski definition) is 0. The number of benzene rings is 2. The molecule has 2 aromatic rings. The van der Waals surface area contributed by atoms with Gasteiger partial charge in [-0.3, -0.25) is 0 Å². The van der Waals surface area contributed by atoms with Crippen molar-refractivity contribution in [3.8, 4) is 0 Å². The summed E-state index contributed by atoms with van der Waals surface area (Å²) >= 11 is 0. The van der Waals surface area contributed by atoms with Crippen LogP contribution < -0.4 is 0 Å². The maximum absolute atomic E-state index is 14.5. The van der Waals surface area contributed by atoms with Crippen LogP contribution in [0.4, 0.5) is 17.6 Å². The van der Waals surface area contributed by atoms with Crippen LogP contribution >= 0.6 is 0 Å². The van der Waals surface area contributed by atoms with Crippen LogP contribution in [0.5, 0.6) is 0 Å². The van der Waals surface area contributed by atoms with Crippen LogP contribution in [0.2, 0.25) is 0 Å². The zero-order valence-corrected chi connectivity index (χ0v) is 17.2. The van der Waals surface area contributed by atoms with Crippen molar-refractivity contribution in [2.24, 2.45) is 5.92 Å². The van der Waals surface area contributed by atoms with E-state index in [1.165, 1.54) is 25.7 Å². The normalized spacial score (nSPS) is 16.1. The van der Waals surface area contributed by atoms with E-state index >= 15 is 0 Å². The second-order valence-corrected chi connectivity index (χ2v) is 8.36. The molecule has 158 valence electrons. The van der Waals surface area contributed by atoms with E-state index in [0.29, 0.717) is 42.4 Å². The summed E-state index contributed by atoms with van der Waals surface area (Å²) in [6, 6.07) is 6.67. The second kappa shape index (κ2) is 10.3. The molecule has 0 fully saturated rings. The minimum absolute atomic E-state index is 0.161. The van der Waals surface area contributed by atoms with Crippen LogP contribution in [-0.2, 0) is 25.7 Å². The molecule has 0 saturated heterocycles. The highest BCUT2D eigenvalue weighted by molar-refractivity contribution is 5.33. The van der Waals surface area contributed by atoms with Crippen molar-refractivity contribution in [2.45, 2.75) is 77.6 Å². The quantitative estimate of drug-likeness (QED) is 0.230. The van der Waals surface area contributed by atoms with Gasteiger partial charge in [0.2, 0.25) is 0 Å². The average Bonchev–Trinajstić information content (AvgIpc) is 2.71. The van der Waals surface area contributed by atoms with Crippen LogP contribution in [0.3, 0.4) is 0 Å². The molecule has 0 saturated carbocycles. The van der Waals surface area contributed by atoms with E-state index in [9.17, 15) is 17.6 Å². The molecule has 1 unspecified atom stereocenters. The molecule has 0 nitrogen and oxygen atoms in total. The Labute approximate surface area is 171 Å². The van der Waals surface area contributed by atoms with E-state index in [1.54, 1.807) is 6.07 Å². The van der Waals surface area contributed by atoms with Gasteiger partial charge in [-0.1, -0.05) is 44.7 Å². The van der Waals surface area contributed by atoms with Gasteiger partial charge < -0.3 is 0 Å². The molecule has 0 N–H and O–H groups in total. The highest BCUT2D eigenvalue weighted by Crippen LogP contribution is 2.32. The van der Waals surface area contributed by atoms with Crippen molar-refractivity contribution < 1.29 is 17.6 Å². The van der Waals surface area contributed by atoms with Crippen molar-refractivity contribution in [1.82, 2.24) is 0 Å². The van der Waals surface area contributed by atoms with Gasteiger partial charge in [0.1, 0.15) is 5.82 Å². The number of hydrogen-bond donors (Lipinski definition) is 0. The van der Waals surface area contributed by atoms with Gasteiger partial charge in [0.05, 0.1) is 0 Å². The molecule has 0 spiro atoms. The van der Waals surface area contributed by atoms with Crippen LogP contribution in [0.1, 0.15) is 74.1 Å². The monoisotopic (exact) mass is 406 g/mol. The van der Waals surface area contributed by atoms with Crippen molar-refractivity contribution in [2.75, 3.05) is 0 Å². The van der Waals surface area contributed by atoms with Gasteiger partial charge in [0.15, 0.2) is 17.5 Å². The molecule has 0 aromatic heterocycles. The molecule has 4 heteroatoms. The Hall–Kier alpha value is -1.84. The first kappa shape index (κ1) is 21.9. The van der Waals surface area contributed by atoms with Gasteiger partial charge in [-0.05, 0) is 85.3 Å². The molecule has 2 aromatic carbocycles. The molecule has 1 atom stereocenters. The fourth-order valence-corrected chi connectivity index (χ4v) is 4.38. The molecule has 0 radical (unpaired) electrons. The molecule has 1 aliphatic rings. The minimum Gasteiger partial charge on any atom is -0.207 e. The molecular weight excluding hydrogens is 376 g/mol. The molecular formula is C25H30F4. The molecule has 0 bridgehead atoms. The van der Waals surface area contributed by atoms with Crippen molar-refractivity contribution in [1.29, 1.82) is 0 Å². The first-order chi connectivity index (χ1) is 14.0. The maximum Gasteiger partial charge on any atom is 0.194 e. The summed E-state index contributed by atoms with van der Waals surface area (Å²) in [5.74, 6) is -3.49. The Morgan fingerprint density at radius 1 is 0.862 bits per heavy atom. The van der Waals surface area contributed by atoms with Crippen molar-refractivity contribution in [3.05, 3.63) is 69.8 Å². The van der Waals surface area contributed by atoms with Crippen molar-refractivity contribution in [3.63, 3.8) is 0 Å². The molecule has 1 aliphatic carbocycles. The van der Waals surface area contributed by atoms with E-state index in [0.717, 1.165) is 30.9 Å². The third-order valence-corrected chi connectivity index (χ3v) is 6.18. The zero-order valence-electron chi connectivity index (χ0n) is 17.2. The Morgan fingerprint density at radius 3 is 2.41 bits per heavy atom. The Bertz CT molecular complexity index is 828. The summed E-state index contributed by atoms with van der Waals surface area (Å²) < 4.78 is 55.3. The third-order valence-electron chi connectivity index (χ3n) is 6.18. The molecule has 0 heterocycles. The smallest absolute Gasteiger partial charge is 0.194 e. The summed E-state index contributed by atoms with van der Waals surface area (Å²) in [6.07, 6.45) is 9.90. The number of aryl methyl sites for hydroxylation is 2. The summed E-state index contributed by atoms with van der Waals surface area (Å²) in [6.45, 7) is 2.19. The third kappa shape index (κ3) is 5.61. The second-order valence-electron chi connectivity index (χ2n) is 8.36. The van der Waals surface area contributed by atoms with Gasteiger partial charge in [0.25, 0.3) is 0 Å². The minimum atomic E-state index is -1.38. The number of unbranched alkanes of at least 4 members (excludes halogenated alkanes) is 4. The first-order valence-corrected chi connectivity index (χ1v) is 10.9. The van der Waals surface area contributed by atoms with Crippen LogP contribution in [0.25, 0.3) is 0 Å². The first-order valence-electron chi connectivity index (χ1n) is 10.9. The Kier molecular flexibility index (Phi) is 7.74. The number of rotatable bonds is 9. The Morgan fingerprint density at radius 2 is 1.66 bits per heavy atom. The SMILES string of the molecule is CCCCCCCc1ccc(CCC2CCc3c(cc(F)c(F)c3F)C2)c(F)c1. The highest BCUT2D eigenvalue weighted by Gasteiger charge is 2.25. The predicted molar refractivity (Wildman–Crippen MR) is 109 cm³/mol. The summed E-state index contributed by atoms with van der Waals surface area (Å²) in [5, 5.41) is 0. The van der Waals surface area contributed by atoms with Crippen LogP contribution in [0.15, 0.2) is 24.3 Å². The average molecular weight is 407 g/mol. The van der Waals surface area contributed by atoms with Crippen LogP contribution in [0, 0.1) is 29.2 Å². The van der Waals surface area contributed by atoms with Crippen molar-refractivity contribution >= 4 is 0 Å². The predicted octanol–water partition coefficient (Wildman–Crippen LogP) is 7.49. The summed E-state index contributed by atoms with van der Waals surface area (Å²) in [4.78, 5) is 0. The molecule has 0 amide bonds. The van der Waals surface area contributed by atoms with Gasteiger partial charge in [0, 0.05) is 0 Å². The fourth-order valence-electron chi connectivity index (χ4n) is 4.38. The van der Waals surface area contributed by atoms with E-state index in [2.05, 4.69) is 6.92 Å². The summed E-state index contributed by atoms with van der Waals surface area (Å²) in [5.41, 5.74) is 2.59. The van der Waals surface area contributed by atoms with E-state index in [-0.39, 0.29) is 11.7 Å². The lowest BCUT2D eigenvalue weighted by Gasteiger charge is -2.25. The van der Waals surface area contributed by atoms with Gasteiger partial charge >= 0.3 is 0 Å².